The minimum Gasteiger partial charge on any atom is -0.341 e. The van der Waals surface area contributed by atoms with Gasteiger partial charge in [-0.05, 0) is 13.0 Å². The fourth-order valence-corrected chi connectivity index (χ4v) is 1.52. The molecule has 1 heterocycles. The van der Waals surface area contributed by atoms with Gasteiger partial charge in [-0.2, -0.15) is 12.6 Å². The summed E-state index contributed by atoms with van der Waals surface area (Å²) in [5.41, 5.74) is 0. The van der Waals surface area contributed by atoms with E-state index in [1.54, 1.807) is 0 Å². The number of likely N-dealkylation sites (tertiary alicyclic amines) is 1. The molecule has 0 aromatic rings. The molecule has 0 spiro atoms. The molecule has 4 heteroatoms. The third-order valence-corrected chi connectivity index (χ3v) is 2.46. The summed E-state index contributed by atoms with van der Waals surface area (Å²) in [6.45, 7) is 4.67. The van der Waals surface area contributed by atoms with Gasteiger partial charge in [-0.25, -0.2) is 0 Å². The number of thiol groups is 1. The van der Waals surface area contributed by atoms with E-state index in [4.69, 9.17) is 0 Å². The van der Waals surface area contributed by atoms with Crippen molar-refractivity contribution < 1.29 is 4.79 Å². The molecule has 0 aliphatic carbocycles. The van der Waals surface area contributed by atoms with Crippen molar-refractivity contribution in [3.63, 3.8) is 0 Å². The summed E-state index contributed by atoms with van der Waals surface area (Å²) in [6.07, 6.45) is 1.15. The summed E-state index contributed by atoms with van der Waals surface area (Å²) in [5.74, 6) is 0.793. The van der Waals surface area contributed by atoms with Gasteiger partial charge in [0.2, 0.25) is 5.91 Å². The molecule has 0 saturated carbocycles. The van der Waals surface area contributed by atoms with Crippen molar-refractivity contribution in [2.75, 3.05) is 25.4 Å². The first-order valence-corrected chi connectivity index (χ1v) is 5.06. The lowest BCUT2D eigenvalue weighted by atomic mass is 10.2. The van der Waals surface area contributed by atoms with Crippen LogP contribution in [0.25, 0.3) is 0 Å². The second-order valence-electron chi connectivity index (χ2n) is 2.97. The maximum atomic E-state index is 11.6. The highest BCUT2D eigenvalue weighted by Gasteiger charge is 2.26. The third kappa shape index (κ3) is 2.14. The predicted octanol–water partition coefficient (Wildman–Crippen LogP) is 0.127. The Bertz CT molecular complexity index is 159. The molecule has 1 aliphatic rings. The molecular formula is C8H16N2OS. The highest BCUT2D eigenvalue weighted by atomic mass is 32.1. The quantitative estimate of drug-likeness (QED) is 0.615. The minimum absolute atomic E-state index is 0.0846. The second-order valence-corrected chi connectivity index (χ2v) is 3.34. The van der Waals surface area contributed by atoms with Crippen LogP contribution >= 0.6 is 12.6 Å². The van der Waals surface area contributed by atoms with Gasteiger partial charge in [0.15, 0.2) is 0 Å². The molecule has 1 aliphatic heterocycles. The van der Waals surface area contributed by atoms with Crippen LogP contribution in [0, 0.1) is 0 Å². The lowest BCUT2D eigenvalue weighted by Gasteiger charge is -2.33. The van der Waals surface area contributed by atoms with Crippen LogP contribution in [-0.4, -0.2) is 42.2 Å². The van der Waals surface area contributed by atoms with Crippen LogP contribution < -0.4 is 5.32 Å². The van der Waals surface area contributed by atoms with E-state index in [9.17, 15) is 4.79 Å². The lowest BCUT2D eigenvalue weighted by Crippen LogP contribution is -2.52. The van der Waals surface area contributed by atoms with Crippen molar-refractivity contribution in [3.8, 4) is 0 Å². The van der Waals surface area contributed by atoms with Crippen molar-refractivity contribution >= 4 is 18.5 Å². The third-order valence-electron chi connectivity index (χ3n) is 2.10. The number of hydrogen-bond donors (Lipinski definition) is 2. The molecular weight excluding hydrogens is 172 g/mol. The number of carbonyl (C=O) groups excluding carboxylic acids is 1. The molecule has 12 heavy (non-hydrogen) atoms. The minimum atomic E-state index is -0.0846. The number of nitrogens with zero attached hydrogens (tertiary/aromatic N) is 1. The Morgan fingerprint density at radius 3 is 2.67 bits per heavy atom. The largest absolute Gasteiger partial charge is 0.341 e. The van der Waals surface area contributed by atoms with E-state index >= 15 is 0 Å². The molecule has 1 rings (SSSR count). The SMILES string of the molecule is CCN[C@H](CS)C(=O)N1CCC1. The van der Waals surface area contributed by atoms with Crippen molar-refractivity contribution in [2.45, 2.75) is 19.4 Å². The van der Waals surface area contributed by atoms with E-state index in [-0.39, 0.29) is 11.9 Å². The molecule has 0 aromatic carbocycles. The van der Waals surface area contributed by atoms with Crippen LogP contribution in [0.1, 0.15) is 13.3 Å². The Hall–Kier alpha value is -0.220. The number of hydrogen-bond acceptors (Lipinski definition) is 3. The topological polar surface area (TPSA) is 32.3 Å². The van der Waals surface area contributed by atoms with Gasteiger partial charge in [0.05, 0.1) is 6.04 Å². The zero-order valence-electron chi connectivity index (χ0n) is 7.42. The number of rotatable bonds is 4. The summed E-state index contributed by atoms with van der Waals surface area (Å²) in [4.78, 5) is 13.4. The average molecular weight is 188 g/mol. The van der Waals surface area contributed by atoms with E-state index in [0.717, 1.165) is 26.1 Å². The van der Waals surface area contributed by atoms with Gasteiger partial charge in [0.1, 0.15) is 0 Å². The Labute approximate surface area is 78.9 Å². The standard InChI is InChI=1S/C8H16N2OS/c1-2-9-7(6-12)8(11)10-4-3-5-10/h7,9,12H,2-6H2,1H3/t7-/m1/s1. The zero-order valence-corrected chi connectivity index (χ0v) is 8.31. The highest BCUT2D eigenvalue weighted by molar-refractivity contribution is 7.80. The van der Waals surface area contributed by atoms with E-state index in [1.807, 2.05) is 11.8 Å². The molecule has 1 amide bonds. The number of nitrogens with one attached hydrogen (secondary N) is 1. The molecule has 0 aromatic heterocycles. The van der Waals surface area contributed by atoms with Gasteiger partial charge in [-0.1, -0.05) is 6.92 Å². The summed E-state index contributed by atoms with van der Waals surface area (Å²) in [6, 6.07) is -0.0846. The van der Waals surface area contributed by atoms with Crippen molar-refractivity contribution in [3.05, 3.63) is 0 Å². The number of carbonyl (C=O) groups is 1. The first kappa shape index (κ1) is 9.86. The fraction of sp³-hybridized carbons (Fsp3) is 0.875. The van der Waals surface area contributed by atoms with Crippen molar-refractivity contribution in [1.29, 1.82) is 0 Å². The van der Waals surface area contributed by atoms with Crippen LogP contribution in [-0.2, 0) is 4.79 Å². The van der Waals surface area contributed by atoms with E-state index in [1.165, 1.54) is 0 Å². The van der Waals surface area contributed by atoms with Gasteiger partial charge in [-0.3, -0.25) is 4.79 Å². The monoisotopic (exact) mass is 188 g/mol. The van der Waals surface area contributed by atoms with Crippen molar-refractivity contribution in [1.82, 2.24) is 10.2 Å². The summed E-state index contributed by atoms with van der Waals surface area (Å²) in [5, 5.41) is 3.11. The maximum Gasteiger partial charge on any atom is 0.240 e. The van der Waals surface area contributed by atoms with Gasteiger partial charge in [0.25, 0.3) is 0 Å². The van der Waals surface area contributed by atoms with Crippen LogP contribution in [0.3, 0.4) is 0 Å². The predicted molar refractivity (Wildman–Crippen MR) is 52.5 cm³/mol. The maximum absolute atomic E-state index is 11.6. The average Bonchev–Trinajstić information content (AvgIpc) is 1.96. The molecule has 70 valence electrons. The van der Waals surface area contributed by atoms with Crippen LogP contribution in [0.2, 0.25) is 0 Å². The van der Waals surface area contributed by atoms with Gasteiger partial charge in [-0.15, -0.1) is 0 Å². The Morgan fingerprint density at radius 2 is 2.33 bits per heavy atom. The summed E-state index contributed by atoms with van der Waals surface area (Å²) < 4.78 is 0. The molecule has 1 N–H and O–H groups in total. The molecule has 0 unspecified atom stereocenters. The highest BCUT2D eigenvalue weighted by Crippen LogP contribution is 2.08. The normalized spacial score (nSPS) is 18.7. The Morgan fingerprint density at radius 1 is 1.67 bits per heavy atom. The summed E-state index contributed by atoms with van der Waals surface area (Å²) >= 11 is 4.14. The van der Waals surface area contributed by atoms with Gasteiger partial charge >= 0.3 is 0 Å². The van der Waals surface area contributed by atoms with E-state index in [2.05, 4.69) is 17.9 Å². The Kier molecular flexibility index (Phi) is 3.88. The fourth-order valence-electron chi connectivity index (χ4n) is 1.23. The van der Waals surface area contributed by atoms with Crippen molar-refractivity contribution in [2.24, 2.45) is 0 Å². The zero-order chi connectivity index (χ0) is 8.97. The molecule has 1 saturated heterocycles. The van der Waals surface area contributed by atoms with E-state index in [0.29, 0.717) is 5.75 Å². The first-order chi connectivity index (χ1) is 5.79. The lowest BCUT2D eigenvalue weighted by molar-refractivity contribution is -0.136. The Balaban J connectivity index is 2.35. The summed E-state index contributed by atoms with van der Waals surface area (Å²) in [7, 11) is 0. The van der Waals surface area contributed by atoms with Gasteiger partial charge in [0, 0.05) is 18.8 Å². The van der Waals surface area contributed by atoms with Crippen LogP contribution in [0.15, 0.2) is 0 Å². The van der Waals surface area contributed by atoms with E-state index < -0.39 is 0 Å². The molecule has 0 radical (unpaired) electrons. The number of likely N-dealkylation sites (N-methyl/N-ethyl adjacent to an activating group) is 1. The smallest absolute Gasteiger partial charge is 0.240 e. The molecule has 3 nitrogen and oxygen atoms in total. The number of amides is 1. The molecule has 1 atom stereocenters. The van der Waals surface area contributed by atoms with Crippen LogP contribution in [0.5, 0.6) is 0 Å². The van der Waals surface area contributed by atoms with Gasteiger partial charge < -0.3 is 10.2 Å². The second kappa shape index (κ2) is 4.72. The first-order valence-electron chi connectivity index (χ1n) is 4.42. The molecule has 1 fully saturated rings. The molecule has 0 bridgehead atoms. The van der Waals surface area contributed by atoms with Crippen LogP contribution in [0.4, 0.5) is 0 Å².